The highest BCUT2D eigenvalue weighted by molar-refractivity contribution is 5.78. The van der Waals surface area contributed by atoms with Crippen LogP contribution < -0.4 is 11.1 Å². The number of rotatable bonds is 5. The van der Waals surface area contributed by atoms with E-state index in [0.29, 0.717) is 11.8 Å². The Balaban J connectivity index is 2.32. The Bertz CT molecular complexity index is 218. The van der Waals surface area contributed by atoms with Crippen molar-refractivity contribution in [2.75, 3.05) is 13.1 Å². The second-order valence-corrected chi connectivity index (χ2v) is 5.09. The fourth-order valence-electron chi connectivity index (χ4n) is 2.45. The molecule has 1 fully saturated rings. The van der Waals surface area contributed by atoms with E-state index in [1.807, 2.05) is 13.8 Å². The summed E-state index contributed by atoms with van der Waals surface area (Å²) in [4.78, 5) is 11.7. The number of nitrogens with one attached hydrogen (secondary N) is 1. The first-order valence-electron chi connectivity index (χ1n) is 6.66. The van der Waals surface area contributed by atoms with Crippen LogP contribution in [-0.2, 0) is 4.79 Å². The molecule has 1 rings (SSSR count). The molecule has 3 N–H and O–H groups in total. The van der Waals surface area contributed by atoms with Crippen molar-refractivity contribution in [1.29, 1.82) is 0 Å². The molecule has 1 amide bonds. The molecule has 0 aromatic carbocycles. The predicted octanol–water partition coefficient (Wildman–Crippen LogP) is 1.91. The maximum atomic E-state index is 11.7. The summed E-state index contributed by atoms with van der Waals surface area (Å²) in [5, 5.41) is 3.07. The molecule has 1 aliphatic rings. The van der Waals surface area contributed by atoms with Crippen LogP contribution in [0.1, 0.15) is 46.0 Å². The van der Waals surface area contributed by atoms with Gasteiger partial charge in [0.2, 0.25) is 5.91 Å². The van der Waals surface area contributed by atoms with Crippen molar-refractivity contribution in [3.63, 3.8) is 0 Å². The van der Waals surface area contributed by atoms with Gasteiger partial charge in [0, 0.05) is 12.5 Å². The lowest BCUT2D eigenvalue weighted by Crippen LogP contribution is -2.38. The molecule has 3 heteroatoms. The zero-order chi connectivity index (χ0) is 12.0. The van der Waals surface area contributed by atoms with Gasteiger partial charge in [-0.3, -0.25) is 4.79 Å². The molecule has 0 aliphatic heterocycles. The summed E-state index contributed by atoms with van der Waals surface area (Å²) >= 11 is 0. The van der Waals surface area contributed by atoms with Gasteiger partial charge >= 0.3 is 0 Å². The van der Waals surface area contributed by atoms with Crippen molar-refractivity contribution in [2.45, 2.75) is 46.0 Å². The van der Waals surface area contributed by atoms with Crippen LogP contribution in [0.4, 0.5) is 0 Å². The Kier molecular flexibility index (Phi) is 5.81. The highest BCUT2D eigenvalue weighted by atomic mass is 16.1. The SMILES string of the molecule is CCC(C)C(=O)NCC1CCCCC1CN. The first kappa shape index (κ1) is 13.5. The molecule has 3 unspecified atom stereocenters. The quantitative estimate of drug-likeness (QED) is 0.752. The van der Waals surface area contributed by atoms with E-state index in [-0.39, 0.29) is 11.8 Å². The third-order valence-corrected chi connectivity index (χ3v) is 3.97. The van der Waals surface area contributed by atoms with Crippen molar-refractivity contribution in [2.24, 2.45) is 23.5 Å². The Labute approximate surface area is 99.2 Å². The molecule has 0 radical (unpaired) electrons. The molecule has 94 valence electrons. The monoisotopic (exact) mass is 226 g/mol. The molecule has 0 spiro atoms. The Morgan fingerprint density at radius 2 is 2.00 bits per heavy atom. The predicted molar refractivity (Wildman–Crippen MR) is 67.0 cm³/mol. The maximum Gasteiger partial charge on any atom is 0.222 e. The fraction of sp³-hybridized carbons (Fsp3) is 0.923. The zero-order valence-corrected chi connectivity index (χ0v) is 10.7. The number of nitrogens with two attached hydrogens (primary N) is 1. The van der Waals surface area contributed by atoms with E-state index in [4.69, 9.17) is 5.73 Å². The van der Waals surface area contributed by atoms with E-state index in [1.54, 1.807) is 0 Å². The Hall–Kier alpha value is -0.570. The van der Waals surface area contributed by atoms with Gasteiger partial charge in [-0.15, -0.1) is 0 Å². The largest absolute Gasteiger partial charge is 0.356 e. The van der Waals surface area contributed by atoms with Crippen LogP contribution in [0.15, 0.2) is 0 Å². The van der Waals surface area contributed by atoms with Crippen LogP contribution in [0.25, 0.3) is 0 Å². The Morgan fingerprint density at radius 1 is 1.38 bits per heavy atom. The van der Waals surface area contributed by atoms with E-state index in [0.717, 1.165) is 19.5 Å². The van der Waals surface area contributed by atoms with Crippen LogP contribution in [0, 0.1) is 17.8 Å². The summed E-state index contributed by atoms with van der Waals surface area (Å²) in [6.45, 7) is 5.62. The van der Waals surface area contributed by atoms with E-state index in [2.05, 4.69) is 5.32 Å². The summed E-state index contributed by atoms with van der Waals surface area (Å²) in [6, 6.07) is 0. The minimum atomic E-state index is 0.139. The minimum absolute atomic E-state index is 0.139. The van der Waals surface area contributed by atoms with Crippen LogP contribution >= 0.6 is 0 Å². The maximum absolute atomic E-state index is 11.7. The molecule has 0 aromatic rings. The molecule has 1 saturated carbocycles. The number of hydrogen-bond acceptors (Lipinski definition) is 2. The van der Waals surface area contributed by atoms with Crippen molar-refractivity contribution in [3.8, 4) is 0 Å². The molecule has 3 atom stereocenters. The Morgan fingerprint density at radius 3 is 2.56 bits per heavy atom. The summed E-state index contributed by atoms with van der Waals surface area (Å²) in [7, 11) is 0. The van der Waals surface area contributed by atoms with E-state index in [1.165, 1.54) is 25.7 Å². The van der Waals surface area contributed by atoms with Crippen LogP contribution in [-0.4, -0.2) is 19.0 Å². The average molecular weight is 226 g/mol. The van der Waals surface area contributed by atoms with E-state index in [9.17, 15) is 4.79 Å². The van der Waals surface area contributed by atoms with Gasteiger partial charge in [0.15, 0.2) is 0 Å². The van der Waals surface area contributed by atoms with E-state index < -0.39 is 0 Å². The highest BCUT2D eigenvalue weighted by Gasteiger charge is 2.24. The van der Waals surface area contributed by atoms with Crippen LogP contribution in [0.2, 0.25) is 0 Å². The van der Waals surface area contributed by atoms with Gasteiger partial charge < -0.3 is 11.1 Å². The summed E-state index contributed by atoms with van der Waals surface area (Å²) < 4.78 is 0. The summed E-state index contributed by atoms with van der Waals surface area (Å²) in [5.74, 6) is 1.56. The third-order valence-electron chi connectivity index (χ3n) is 3.97. The van der Waals surface area contributed by atoms with Crippen LogP contribution in [0.3, 0.4) is 0 Å². The lowest BCUT2D eigenvalue weighted by molar-refractivity contribution is -0.124. The molecule has 0 saturated heterocycles. The summed E-state index contributed by atoms with van der Waals surface area (Å²) in [5.41, 5.74) is 5.77. The lowest BCUT2D eigenvalue weighted by atomic mass is 9.79. The fourth-order valence-corrected chi connectivity index (χ4v) is 2.45. The molecule has 1 aliphatic carbocycles. The molecule has 3 nitrogen and oxygen atoms in total. The lowest BCUT2D eigenvalue weighted by Gasteiger charge is -2.31. The van der Waals surface area contributed by atoms with Gasteiger partial charge in [-0.25, -0.2) is 0 Å². The normalized spacial score (nSPS) is 27.4. The first-order chi connectivity index (χ1) is 7.69. The summed E-state index contributed by atoms with van der Waals surface area (Å²) in [6.07, 6.45) is 5.97. The van der Waals surface area contributed by atoms with Gasteiger partial charge in [-0.1, -0.05) is 26.7 Å². The topological polar surface area (TPSA) is 55.1 Å². The van der Waals surface area contributed by atoms with Gasteiger partial charge in [0.25, 0.3) is 0 Å². The number of carbonyl (C=O) groups excluding carboxylic acids is 1. The zero-order valence-electron chi connectivity index (χ0n) is 10.7. The van der Waals surface area contributed by atoms with Crippen molar-refractivity contribution >= 4 is 5.91 Å². The number of hydrogen-bond donors (Lipinski definition) is 2. The van der Waals surface area contributed by atoms with E-state index >= 15 is 0 Å². The molecule has 0 heterocycles. The molecular formula is C13H26N2O. The standard InChI is InChI=1S/C13H26N2O/c1-3-10(2)13(16)15-9-12-7-5-4-6-11(12)8-14/h10-12H,3-9,14H2,1-2H3,(H,15,16). The van der Waals surface area contributed by atoms with Gasteiger partial charge in [0.1, 0.15) is 0 Å². The smallest absolute Gasteiger partial charge is 0.222 e. The number of carbonyl (C=O) groups is 1. The van der Waals surface area contributed by atoms with Crippen molar-refractivity contribution in [1.82, 2.24) is 5.32 Å². The van der Waals surface area contributed by atoms with Gasteiger partial charge in [0.05, 0.1) is 0 Å². The van der Waals surface area contributed by atoms with Crippen molar-refractivity contribution < 1.29 is 4.79 Å². The molecule has 0 aromatic heterocycles. The second-order valence-electron chi connectivity index (χ2n) is 5.09. The van der Waals surface area contributed by atoms with Crippen molar-refractivity contribution in [3.05, 3.63) is 0 Å². The average Bonchev–Trinajstić information content (AvgIpc) is 2.35. The molecule has 16 heavy (non-hydrogen) atoms. The van der Waals surface area contributed by atoms with Gasteiger partial charge in [-0.2, -0.15) is 0 Å². The second kappa shape index (κ2) is 6.89. The van der Waals surface area contributed by atoms with Gasteiger partial charge in [-0.05, 0) is 37.6 Å². The first-order valence-corrected chi connectivity index (χ1v) is 6.66. The highest BCUT2D eigenvalue weighted by Crippen LogP contribution is 2.28. The molecular weight excluding hydrogens is 200 g/mol. The number of amides is 1. The minimum Gasteiger partial charge on any atom is -0.356 e. The molecule has 0 bridgehead atoms. The van der Waals surface area contributed by atoms with Crippen LogP contribution in [0.5, 0.6) is 0 Å². The third kappa shape index (κ3) is 3.78.